The van der Waals surface area contributed by atoms with Crippen LogP contribution in [0.25, 0.3) is 22.8 Å². The molecule has 4 aromatic rings. The molecular formula is C16H10N2OS. The molecule has 4 rings (SSSR count). The Morgan fingerprint density at radius 3 is 2.60 bits per heavy atom. The Hall–Kier alpha value is -2.46. The van der Waals surface area contributed by atoms with Gasteiger partial charge < -0.3 is 0 Å². The standard InChI is InChI=1S/C16H10N2OS/c19-15-14(10-11-6-2-1-3-7-11)20-18-13-9-5-4-8-12(13)17-16(15)18/h1-10H. The van der Waals surface area contributed by atoms with Gasteiger partial charge >= 0.3 is 0 Å². The molecule has 0 saturated carbocycles. The Morgan fingerprint density at radius 2 is 1.75 bits per heavy atom. The summed E-state index contributed by atoms with van der Waals surface area (Å²) < 4.78 is 2.62. The lowest BCUT2D eigenvalue weighted by atomic mass is 10.2. The zero-order chi connectivity index (χ0) is 13.5. The second-order valence-electron chi connectivity index (χ2n) is 4.56. The first-order valence-corrected chi connectivity index (χ1v) is 7.07. The minimum atomic E-state index is -0.00458. The van der Waals surface area contributed by atoms with E-state index in [2.05, 4.69) is 4.98 Å². The van der Waals surface area contributed by atoms with E-state index in [0.29, 0.717) is 10.2 Å². The summed E-state index contributed by atoms with van der Waals surface area (Å²) in [5.41, 5.74) is 3.38. The van der Waals surface area contributed by atoms with Crippen LogP contribution in [0.5, 0.6) is 0 Å². The Labute approximate surface area is 118 Å². The molecule has 20 heavy (non-hydrogen) atoms. The van der Waals surface area contributed by atoms with E-state index in [1.165, 1.54) is 11.5 Å². The largest absolute Gasteiger partial charge is 0.284 e. The third-order valence-corrected chi connectivity index (χ3v) is 4.29. The molecule has 2 aromatic heterocycles. The highest BCUT2D eigenvalue weighted by molar-refractivity contribution is 7.04. The molecule has 0 amide bonds. The van der Waals surface area contributed by atoms with Crippen molar-refractivity contribution in [3.05, 3.63) is 74.9 Å². The van der Waals surface area contributed by atoms with Crippen molar-refractivity contribution in [3.63, 3.8) is 0 Å². The molecule has 0 aliphatic rings. The van der Waals surface area contributed by atoms with Crippen molar-refractivity contribution in [2.45, 2.75) is 0 Å². The van der Waals surface area contributed by atoms with Gasteiger partial charge in [0.15, 0.2) is 5.65 Å². The van der Waals surface area contributed by atoms with Gasteiger partial charge in [0.2, 0.25) is 5.43 Å². The molecule has 0 aliphatic heterocycles. The molecule has 4 heteroatoms. The summed E-state index contributed by atoms with van der Waals surface area (Å²) >= 11 is 1.44. The highest BCUT2D eigenvalue weighted by atomic mass is 32.1. The van der Waals surface area contributed by atoms with E-state index >= 15 is 0 Å². The first-order valence-electron chi connectivity index (χ1n) is 6.30. The molecule has 3 nitrogen and oxygen atoms in total. The van der Waals surface area contributed by atoms with Crippen LogP contribution < -0.4 is 9.96 Å². The quantitative estimate of drug-likeness (QED) is 0.536. The molecule has 96 valence electrons. The maximum Gasteiger partial charge on any atom is 0.241 e. The normalized spacial score (nSPS) is 12.5. The Morgan fingerprint density at radius 1 is 1.00 bits per heavy atom. The van der Waals surface area contributed by atoms with Gasteiger partial charge in [-0.05, 0) is 35.3 Å². The zero-order valence-corrected chi connectivity index (χ0v) is 11.3. The van der Waals surface area contributed by atoms with Gasteiger partial charge in [-0.25, -0.2) is 8.77 Å². The fourth-order valence-corrected chi connectivity index (χ4v) is 3.30. The van der Waals surface area contributed by atoms with Crippen molar-refractivity contribution in [1.82, 2.24) is 8.77 Å². The molecular weight excluding hydrogens is 268 g/mol. The van der Waals surface area contributed by atoms with Crippen molar-refractivity contribution in [3.8, 4) is 0 Å². The monoisotopic (exact) mass is 278 g/mol. The number of aromatic nitrogens is 2. The number of benzene rings is 2. The molecule has 0 aliphatic carbocycles. The van der Waals surface area contributed by atoms with E-state index in [-0.39, 0.29) is 5.43 Å². The van der Waals surface area contributed by atoms with Crippen molar-refractivity contribution in [1.29, 1.82) is 0 Å². The van der Waals surface area contributed by atoms with Crippen LogP contribution in [0.1, 0.15) is 5.56 Å². The summed E-state index contributed by atoms with van der Waals surface area (Å²) in [6.07, 6.45) is 1.91. The van der Waals surface area contributed by atoms with Crippen molar-refractivity contribution >= 4 is 34.3 Å². The van der Waals surface area contributed by atoms with Crippen molar-refractivity contribution in [2.75, 3.05) is 0 Å². The zero-order valence-electron chi connectivity index (χ0n) is 10.5. The Kier molecular flexibility index (Phi) is 2.44. The van der Waals surface area contributed by atoms with Crippen LogP contribution in [0, 0.1) is 0 Å². The van der Waals surface area contributed by atoms with Gasteiger partial charge in [-0.15, -0.1) is 0 Å². The van der Waals surface area contributed by atoms with E-state index in [9.17, 15) is 4.79 Å². The predicted octanol–water partition coefficient (Wildman–Crippen LogP) is 2.46. The van der Waals surface area contributed by atoms with E-state index in [1.54, 1.807) is 0 Å². The van der Waals surface area contributed by atoms with Crippen molar-refractivity contribution in [2.24, 2.45) is 0 Å². The smallest absolute Gasteiger partial charge is 0.241 e. The highest BCUT2D eigenvalue weighted by Crippen LogP contribution is 2.15. The van der Waals surface area contributed by atoms with E-state index in [0.717, 1.165) is 16.6 Å². The molecule has 0 atom stereocenters. The van der Waals surface area contributed by atoms with Crippen LogP contribution in [0.15, 0.2) is 59.4 Å². The van der Waals surface area contributed by atoms with Gasteiger partial charge in [0.25, 0.3) is 0 Å². The van der Waals surface area contributed by atoms with Crippen LogP contribution in [0.4, 0.5) is 0 Å². The highest BCUT2D eigenvalue weighted by Gasteiger charge is 2.10. The number of hydrogen-bond acceptors (Lipinski definition) is 3. The van der Waals surface area contributed by atoms with Gasteiger partial charge in [0, 0.05) is 0 Å². The number of nitrogens with zero attached hydrogens (tertiary/aromatic N) is 2. The lowest BCUT2D eigenvalue weighted by Gasteiger charge is -1.88. The predicted molar refractivity (Wildman–Crippen MR) is 82.1 cm³/mol. The maximum absolute atomic E-state index is 12.4. The molecule has 0 radical (unpaired) electrons. The number of hydrogen-bond donors (Lipinski definition) is 0. The van der Waals surface area contributed by atoms with Gasteiger partial charge in [-0.2, -0.15) is 0 Å². The lowest BCUT2D eigenvalue weighted by Crippen LogP contribution is -2.17. The summed E-state index contributed by atoms with van der Waals surface area (Å²) in [4.78, 5) is 16.8. The summed E-state index contributed by atoms with van der Waals surface area (Å²) in [5, 5.41) is 0. The lowest BCUT2D eigenvalue weighted by molar-refractivity contribution is 1.39. The maximum atomic E-state index is 12.4. The Balaban J connectivity index is 2.05. The minimum Gasteiger partial charge on any atom is -0.284 e. The second-order valence-corrected chi connectivity index (χ2v) is 5.55. The second kappa shape index (κ2) is 4.28. The number of rotatable bonds is 1. The average molecular weight is 278 g/mol. The topological polar surface area (TPSA) is 34.4 Å². The molecule has 2 aromatic carbocycles. The van der Waals surface area contributed by atoms with E-state index < -0.39 is 0 Å². The fraction of sp³-hybridized carbons (Fsp3) is 0. The van der Waals surface area contributed by atoms with Crippen molar-refractivity contribution < 1.29 is 0 Å². The number of para-hydroxylation sites is 2. The van der Waals surface area contributed by atoms with Crippen LogP contribution >= 0.6 is 11.5 Å². The van der Waals surface area contributed by atoms with Crippen LogP contribution in [-0.4, -0.2) is 8.77 Å². The third kappa shape index (κ3) is 1.66. The SMILES string of the molecule is O=c1c(=Cc2ccccc2)sn2c1nc1ccccc12. The summed E-state index contributed by atoms with van der Waals surface area (Å²) in [5.74, 6) is 0. The van der Waals surface area contributed by atoms with Crippen LogP contribution in [-0.2, 0) is 0 Å². The van der Waals surface area contributed by atoms with E-state index in [4.69, 9.17) is 0 Å². The first-order chi connectivity index (χ1) is 9.83. The molecule has 2 heterocycles. The molecule has 0 fully saturated rings. The first kappa shape index (κ1) is 11.4. The summed E-state index contributed by atoms with van der Waals surface area (Å²) in [6, 6.07) is 17.7. The molecule has 0 bridgehead atoms. The van der Waals surface area contributed by atoms with Gasteiger partial charge in [-0.3, -0.25) is 4.79 Å². The van der Waals surface area contributed by atoms with E-state index in [1.807, 2.05) is 64.5 Å². The summed E-state index contributed by atoms with van der Waals surface area (Å²) in [7, 11) is 0. The average Bonchev–Trinajstić information content (AvgIpc) is 2.99. The molecule has 0 spiro atoms. The molecule has 0 saturated heterocycles. The number of imidazole rings is 1. The minimum absolute atomic E-state index is 0.00458. The van der Waals surface area contributed by atoms with Gasteiger partial charge in [0.05, 0.1) is 15.6 Å². The summed E-state index contributed by atoms with van der Waals surface area (Å²) in [6.45, 7) is 0. The van der Waals surface area contributed by atoms with Crippen LogP contribution in [0.3, 0.4) is 0 Å². The van der Waals surface area contributed by atoms with Gasteiger partial charge in [0.1, 0.15) is 0 Å². The molecule has 0 unspecified atom stereocenters. The molecule has 0 N–H and O–H groups in total. The third-order valence-electron chi connectivity index (χ3n) is 3.23. The Bertz CT molecular complexity index is 1020. The van der Waals surface area contributed by atoms with Crippen LogP contribution in [0.2, 0.25) is 0 Å². The fourth-order valence-electron chi connectivity index (χ4n) is 2.28. The van der Waals surface area contributed by atoms with Gasteiger partial charge in [-0.1, -0.05) is 42.5 Å². The number of fused-ring (bicyclic) bond motifs is 3.